The molecular formula is C16H15BrClN3. The van der Waals surface area contributed by atoms with Crippen LogP contribution in [-0.4, -0.2) is 20.4 Å². The Kier molecular flexibility index (Phi) is 4.27. The maximum Gasteiger partial charge on any atom is 0.164 e. The van der Waals surface area contributed by atoms with Crippen LogP contribution in [0.15, 0.2) is 41.0 Å². The summed E-state index contributed by atoms with van der Waals surface area (Å²) in [6.07, 6.45) is 3.52. The molecule has 0 unspecified atom stereocenters. The Morgan fingerprint density at radius 3 is 2.90 bits per heavy atom. The summed E-state index contributed by atoms with van der Waals surface area (Å²) < 4.78 is 3.03. The van der Waals surface area contributed by atoms with Gasteiger partial charge in [-0.2, -0.15) is 0 Å². The molecule has 0 fully saturated rings. The Hall–Kier alpha value is -1.39. The number of benzene rings is 1. The van der Waals surface area contributed by atoms with E-state index in [0.717, 1.165) is 33.6 Å². The molecule has 108 valence electrons. The van der Waals surface area contributed by atoms with Gasteiger partial charge in [-0.15, -0.1) is 11.6 Å². The van der Waals surface area contributed by atoms with Crippen LogP contribution in [0, 0.1) is 0 Å². The lowest BCUT2D eigenvalue weighted by Gasteiger charge is -2.09. The molecule has 3 aromatic rings. The zero-order chi connectivity index (χ0) is 14.8. The average molecular weight is 365 g/mol. The summed E-state index contributed by atoms with van der Waals surface area (Å²) in [6, 6.07) is 10.5. The molecule has 5 heteroatoms. The van der Waals surface area contributed by atoms with E-state index in [9.17, 15) is 0 Å². The van der Waals surface area contributed by atoms with Crippen LogP contribution in [0.5, 0.6) is 0 Å². The van der Waals surface area contributed by atoms with E-state index < -0.39 is 0 Å². The van der Waals surface area contributed by atoms with Crippen LogP contribution in [0.4, 0.5) is 0 Å². The first-order valence-electron chi connectivity index (χ1n) is 6.91. The van der Waals surface area contributed by atoms with Crippen LogP contribution in [0.25, 0.3) is 16.9 Å². The minimum atomic E-state index is 0.540. The van der Waals surface area contributed by atoms with Gasteiger partial charge < -0.3 is 0 Å². The number of hydrogen-bond acceptors (Lipinski definition) is 2. The van der Waals surface area contributed by atoms with Gasteiger partial charge >= 0.3 is 0 Å². The molecule has 3 nitrogen and oxygen atoms in total. The van der Waals surface area contributed by atoms with Crippen molar-refractivity contribution in [1.82, 2.24) is 14.5 Å². The van der Waals surface area contributed by atoms with E-state index in [1.807, 2.05) is 6.07 Å². The van der Waals surface area contributed by atoms with Gasteiger partial charge in [0.25, 0.3) is 0 Å². The summed E-state index contributed by atoms with van der Waals surface area (Å²) in [5.41, 5.74) is 4.13. The highest BCUT2D eigenvalue weighted by Crippen LogP contribution is 2.23. The second-order valence-corrected chi connectivity index (χ2v) is 6.12. The number of imidazole rings is 1. The number of halogens is 2. The van der Waals surface area contributed by atoms with Gasteiger partial charge in [-0.25, -0.2) is 9.97 Å². The lowest BCUT2D eigenvalue weighted by Crippen LogP contribution is -2.03. The molecule has 0 aliphatic carbocycles. The van der Waals surface area contributed by atoms with E-state index >= 15 is 0 Å². The topological polar surface area (TPSA) is 30.7 Å². The van der Waals surface area contributed by atoms with Gasteiger partial charge in [0.15, 0.2) is 5.65 Å². The molecule has 0 bridgehead atoms. The van der Waals surface area contributed by atoms with Gasteiger partial charge in [0, 0.05) is 28.7 Å². The number of aromatic nitrogens is 3. The van der Waals surface area contributed by atoms with Crippen LogP contribution in [-0.2, 0) is 12.8 Å². The minimum Gasteiger partial charge on any atom is -0.281 e. The van der Waals surface area contributed by atoms with E-state index in [2.05, 4.69) is 61.7 Å². The summed E-state index contributed by atoms with van der Waals surface area (Å²) in [5, 5.41) is 0. The molecule has 21 heavy (non-hydrogen) atoms. The molecule has 1 aromatic carbocycles. The average Bonchev–Trinajstić information content (AvgIpc) is 2.84. The fraction of sp³-hybridized carbons (Fsp3) is 0.250. The maximum absolute atomic E-state index is 5.93. The van der Waals surface area contributed by atoms with Crippen LogP contribution >= 0.6 is 27.5 Å². The third kappa shape index (κ3) is 2.83. The SMILES string of the molecule is CCc1cccc(-n2c(CCCl)nc3cc(Br)cnc32)c1. The quantitative estimate of drug-likeness (QED) is 0.637. The van der Waals surface area contributed by atoms with Crippen molar-refractivity contribution < 1.29 is 0 Å². The van der Waals surface area contributed by atoms with Crippen molar-refractivity contribution in [3.8, 4) is 5.69 Å². The van der Waals surface area contributed by atoms with Crippen molar-refractivity contribution in [3.63, 3.8) is 0 Å². The van der Waals surface area contributed by atoms with Crippen molar-refractivity contribution in [3.05, 3.63) is 52.4 Å². The summed E-state index contributed by atoms with van der Waals surface area (Å²) >= 11 is 9.38. The molecule has 0 atom stereocenters. The van der Waals surface area contributed by atoms with Gasteiger partial charge in [0.1, 0.15) is 11.3 Å². The largest absolute Gasteiger partial charge is 0.281 e. The highest BCUT2D eigenvalue weighted by Gasteiger charge is 2.13. The number of alkyl halides is 1. The first kappa shape index (κ1) is 14.5. The summed E-state index contributed by atoms with van der Waals surface area (Å²) in [6.45, 7) is 2.15. The first-order valence-corrected chi connectivity index (χ1v) is 8.24. The first-order chi connectivity index (χ1) is 10.2. The molecule has 0 aliphatic heterocycles. The van der Waals surface area contributed by atoms with Gasteiger partial charge in [-0.1, -0.05) is 19.1 Å². The second-order valence-electron chi connectivity index (χ2n) is 4.82. The number of rotatable bonds is 4. The Labute approximate surface area is 137 Å². The third-order valence-corrected chi connectivity index (χ3v) is 4.05. The predicted octanol–water partition coefficient (Wildman–Crippen LogP) is 4.53. The van der Waals surface area contributed by atoms with Gasteiger partial charge in [-0.05, 0) is 46.1 Å². The lowest BCUT2D eigenvalue weighted by atomic mass is 10.1. The van der Waals surface area contributed by atoms with Crippen molar-refractivity contribution in [2.45, 2.75) is 19.8 Å². The van der Waals surface area contributed by atoms with Crippen LogP contribution in [0.1, 0.15) is 18.3 Å². The van der Waals surface area contributed by atoms with Gasteiger partial charge in [0.2, 0.25) is 0 Å². The van der Waals surface area contributed by atoms with E-state index in [0.29, 0.717) is 12.3 Å². The van der Waals surface area contributed by atoms with Crippen LogP contribution in [0.3, 0.4) is 0 Å². The highest BCUT2D eigenvalue weighted by molar-refractivity contribution is 9.10. The van der Waals surface area contributed by atoms with Crippen LogP contribution < -0.4 is 0 Å². The molecule has 2 aromatic heterocycles. The highest BCUT2D eigenvalue weighted by atomic mass is 79.9. The maximum atomic E-state index is 5.93. The van der Waals surface area contributed by atoms with E-state index in [1.54, 1.807) is 6.20 Å². The van der Waals surface area contributed by atoms with Crippen LogP contribution in [0.2, 0.25) is 0 Å². The Bertz CT molecular complexity index is 782. The van der Waals surface area contributed by atoms with E-state index in [-0.39, 0.29) is 0 Å². The Balaban J connectivity index is 2.25. The second kappa shape index (κ2) is 6.16. The minimum absolute atomic E-state index is 0.540. The number of pyridine rings is 1. The molecule has 0 radical (unpaired) electrons. The zero-order valence-electron chi connectivity index (χ0n) is 11.7. The van der Waals surface area contributed by atoms with Gasteiger partial charge in [-0.3, -0.25) is 4.57 Å². The normalized spacial score (nSPS) is 11.2. The van der Waals surface area contributed by atoms with E-state index in [1.165, 1.54) is 5.56 Å². The number of fused-ring (bicyclic) bond motifs is 1. The summed E-state index contributed by atoms with van der Waals surface area (Å²) in [5.74, 6) is 1.48. The summed E-state index contributed by atoms with van der Waals surface area (Å²) in [7, 11) is 0. The standard InChI is InChI=1S/C16H15BrClN3/c1-2-11-4-3-5-13(8-11)21-15(6-7-18)20-14-9-12(17)10-19-16(14)21/h3-5,8-10H,2,6-7H2,1H3. The van der Waals surface area contributed by atoms with Crippen molar-refractivity contribution >= 4 is 38.7 Å². The smallest absolute Gasteiger partial charge is 0.164 e. The predicted molar refractivity (Wildman–Crippen MR) is 90.4 cm³/mol. The lowest BCUT2D eigenvalue weighted by molar-refractivity contribution is 0.903. The monoisotopic (exact) mass is 363 g/mol. The fourth-order valence-electron chi connectivity index (χ4n) is 2.43. The molecule has 0 aliphatic rings. The molecule has 0 saturated heterocycles. The molecular weight excluding hydrogens is 350 g/mol. The summed E-state index contributed by atoms with van der Waals surface area (Å²) in [4.78, 5) is 9.21. The van der Waals surface area contributed by atoms with Crippen molar-refractivity contribution in [2.24, 2.45) is 0 Å². The van der Waals surface area contributed by atoms with E-state index in [4.69, 9.17) is 11.6 Å². The Morgan fingerprint density at radius 1 is 1.29 bits per heavy atom. The molecule has 2 heterocycles. The van der Waals surface area contributed by atoms with Crippen molar-refractivity contribution in [1.29, 1.82) is 0 Å². The number of hydrogen-bond donors (Lipinski definition) is 0. The molecule has 3 rings (SSSR count). The zero-order valence-corrected chi connectivity index (χ0v) is 14.0. The molecule has 0 amide bonds. The third-order valence-electron chi connectivity index (χ3n) is 3.43. The number of nitrogens with zero attached hydrogens (tertiary/aromatic N) is 3. The fourth-order valence-corrected chi connectivity index (χ4v) is 2.91. The number of aryl methyl sites for hydroxylation is 2. The molecule has 0 saturated carbocycles. The van der Waals surface area contributed by atoms with Gasteiger partial charge in [0.05, 0.1) is 0 Å². The van der Waals surface area contributed by atoms with Crippen molar-refractivity contribution in [2.75, 3.05) is 5.88 Å². The molecule has 0 N–H and O–H groups in total. The Morgan fingerprint density at radius 2 is 2.14 bits per heavy atom. The molecule has 0 spiro atoms.